The molecule has 7 N–H and O–H groups in total. The Hall–Kier alpha value is -1.18. The van der Waals surface area contributed by atoms with E-state index in [4.69, 9.17) is 21.6 Å². The normalized spacial score (nSPS) is 48.1. The fraction of sp³-hybridized carbons (Fsp3) is 0.913. The van der Waals surface area contributed by atoms with Crippen LogP contribution in [0.15, 0.2) is 5.10 Å². The van der Waals surface area contributed by atoms with E-state index >= 15 is 0 Å². The number of aliphatic hydroxyl groups is 1. The van der Waals surface area contributed by atoms with Gasteiger partial charge in [0, 0.05) is 24.1 Å². The van der Waals surface area contributed by atoms with Crippen molar-refractivity contribution in [2.45, 2.75) is 83.3 Å². The standard InChI is InChI=1S/C23H41N5O2/c1-21-8-6-17(30-12-11-24)13-15(21)3-4-19-18(21)7-9-22(2)16(5-10-23(19,22)29)14-27-28-20(25)26/h14-19,29H,3-13,24H2,1-2H3,(H4,25,26,28)/b27-14+/t15?,16?,17?,18-,19-,21+,22-,23-/m1/s1. The molecule has 0 aromatic rings. The first-order valence-electron chi connectivity index (χ1n) is 11.9. The first-order valence-corrected chi connectivity index (χ1v) is 11.9. The molecule has 0 heterocycles. The fourth-order valence-corrected chi connectivity index (χ4v) is 8.05. The summed E-state index contributed by atoms with van der Waals surface area (Å²) < 4.78 is 6.02. The first kappa shape index (κ1) is 22.0. The SMILES string of the molecule is C[C@]12CCC(OCCN)CC1CC[C@@H]1[C@H]2CC[C@]2(C)C(/C=N/NC(=N)N)CC[C@@]12O. The molecular weight excluding hydrogens is 378 g/mol. The molecular formula is C23H41N5O2. The Morgan fingerprint density at radius 3 is 2.70 bits per heavy atom. The van der Waals surface area contributed by atoms with Crippen LogP contribution in [0, 0.1) is 39.9 Å². The Bertz CT molecular complexity index is 687. The number of hydrazone groups is 1. The number of nitrogens with one attached hydrogen (secondary N) is 2. The zero-order valence-electron chi connectivity index (χ0n) is 18.7. The van der Waals surface area contributed by atoms with Gasteiger partial charge in [0.2, 0.25) is 5.96 Å². The number of ether oxygens (including phenoxy) is 1. The molecule has 4 fully saturated rings. The number of nitrogens with zero attached hydrogens (tertiary/aromatic N) is 1. The van der Waals surface area contributed by atoms with Crippen molar-refractivity contribution in [1.82, 2.24) is 5.43 Å². The van der Waals surface area contributed by atoms with Gasteiger partial charge in [0.05, 0.1) is 18.3 Å². The van der Waals surface area contributed by atoms with Crippen LogP contribution in [-0.2, 0) is 4.74 Å². The summed E-state index contributed by atoms with van der Waals surface area (Å²) in [4.78, 5) is 0. The Morgan fingerprint density at radius 1 is 1.17 bits per heavy atom. The van der Waals surface area contributed by atoms with E-state index in [2.05, 4.69) is 24.4 Å². The van der Waals surface area contributed by atoms with Gasteiger partial charge in [0.25, 0.3) is 0 Å². The summed E-state index contributed by atoms with van der Waals surface area (Å²) in [6.07, 6.45) is 12.1. The summed E-state index contributed by atoms with van der Waals surface area (Å²) in [5.41, 5.74) is 13.1. The molecule has 7 heteroatoms. The van der Waals surface area contributed by atoms with Crippen molar-refractivity contribution < 1.29 is 9.84 Å². The number of hydrogen-bond donors (Lipinski definition) is 5. The van der Waals surface area contributed by atoms with E-state index in [1.807, 2.05) is 6.21 Å². The Labute approximate surface area is 180 Å². The molecule has 0 aliphatic heterocycles. The highest BCUT2D eigenvalue weighted by Gasteiger charge is 2.66. The second-order valence-corrected chi connectivity index (χ2v) is 10.9. The molecule has 30 heavy (non-hydrogen) atoms. The maximum absolute atomic E-state index is 12.1. The summed E-state index contributed by atoms with van der Waals surface area (Å²) in [7, 11) is 0. The molecule has 3 unspecified atom stereocenters. The maximum Gasteiger partial charge on any atom is 0.206 e. The van der Waals surface area contributed by atoms with E-state index < -0.39 is 5.60 Å². The average Bonchev–Trinajstić information content (AvgIpc) is 2.97. The van der Waals surface area contributed by atoms with Gasteiger partial charge >= 0.3 is 0 Å². The second-order valence-electron chi connectivity index (χ2n) is 10.9. The van der Waals surface area contributed by atoms with E-state index in [1.165, 1.54) is 19.3 Å². The lowest BCUT2D eigenvalue weighted by molar-refractivity contribution is -0.207. The predicted molar refractivity (Wildman–Crippen MR) is 119 cm³/mol. The van der Waals surface area contributed by atoms with Gasteiger partial charge in [0.1, 0.15) is 0 Å². The highest BCUT2D eigenvalue weighted by Crippen LogP contribution is 2.68. The molecule has 4 aliphatic carbocycles. The summed E-state index contributed by atoms with van der Waals surface area (Å²) in [6.45, 7) is 6.04. The van der Waals surface area contributed by atoms with Gasteiger partial charge in [-0.25, -0.2) is 5.43 Å². The molecule has 4 rings (SSSR count). The molecule has 8 atom stereocenters. The van der Waals surface area contributed by atoms with Crippen molar-refractivity contribution in [3.05, 3.63) is 0 Å². The lowest BCUT2D eigenvalue weighted by atomic mass is 9.43. The minimum atomic E-state index is -0.621. The van der Waals surface area contributed by atoms with Crippen molar-refractivity contribution in [1.29, 1.82) is 5.41 Å². The van der Waals surface area contributed by atoms with Crippen LogP contribution >= 0.6 is 0 Å². The van der Waals surface area contributed by atoms with E-state index in [-0.39, 0.29) is 17.3 Å². The van der Waals surface area contributed by atoms with Crippen LogP contribution in [0.5, 0.6) is 0 Å². The van der Waals surface area contributed by atoms with Gasteiger partial charge < -0.3 is 21.3 Å². The number of rotatable bonds is 5. The summed E-state index contributed by atoms with van der Waals surface area (Å²) in [6, 6.07) is 0. The summed E-state index contributed by atoms with van der Waals surface area (Å²) >= 11 is 0. The van der Waals surface area contributed by atoms with Crippen LogP contribution in [-0.4, -0.2) is 42.1 Å². The van der Waals surface area contributed by atoms with Crippen LogP contribution < -0.4 is 16.9 Å². The molecule has 4 saturated carbocycles. The number of hydrogen-bond acceptors (Lipinski definition) is 5. The molecule has 170 valence electrons. The van der Waals surface area contributed by atoms with Gasteiger partial charge in [-0.2, -0.15) is 5.10 Å². The molecule has 0 amide bonds. The van der Waals surface area contributed by atoms with Crippen molar-refractivity contribution >= 4 is 12.2 Å². The zero-order chi connectivity index (χ0) is 21.6. The summed E-state index contributed by atoms with van der Waals surface area (Å²) in [5.74, 6) is 1.74. The van der Waals surface area contributed by atoms with Crippen LogP contribution in [0.1, 0.15) is 71.6 Å². The minimum absolute atomic E-state index is 0.148. The largest absolute Gasteiger partial charge is 0.389 e. The minimum Gasteiger partial charge on any atom is -0.389 e. The van der Waals surface area contributed by atoms with Crippen LogP contribution in [0.2, 0.25) is 0 Å². The monoisotopic (exact) mass is 419 g/mol. The van der Waals surface area contributed by atoms with Crippen molar-refractivity contribution in [3.63, 3.8) is 0 Å². The third-order valence-electron chi connectivity index (χ3n) is 9.79. The summed E-state index contributed by atoms with van der Waals surface area (Å²) in [5, 5.41) is 23.6. The average molecular weight is 420 g/mol. The molecule has 0 aromatic carbocycles. The number of nitrogens with two attached hydrogens (primary N) is 2. The predicted octanol–water partition coefficient (Wildman–Crippen LogP) is 2.57. The van der Waals surface area contributed by atoms with Gasteiger partial charge in [-0.3, -0.25) is 5.41 Å². The van der Waals surface area contributed by atoms with Crippen molar-refractivity contribution in [2.24, 2.45) is 51.1 Å². The molecule has 0 bridgehead atoms. The molecule has 7 nitrogen and oxygen atoms in total. The number of guanidine groups is 1. The third kappa shape index (κ3) is 3.37. The lowest BCUT2D eigenvalue weighted by Crippen LogP contribution is -2.62. The first-order chi connectivity index (χ1) is 14.2. The van der Waals surface area contributed by atoms with Gasteiger partial charge in [-0.15, -0.1) is 0 Å². The molecule has 4 aliphatic rings. The van der Waals surface area contributed by atoms with Gasteiger partial charge in [0.15, 0.2) is 0 Å². The van der Waals surface area contributed by atoms with Gasteiger partial charge in [-0.05, 0) is 81.0 Å². The molecule has 0 radical (unpaired) electrons. The topological polar surface area (TPSA) is 130 Å². The van der Waals surface area contributed by atoms with Gasteiger partial charge in [-0.1, -0.05) is 13.8 Å². The van der Waals surface area contributed by atoms with E-state index in [9.17, 15) is 5.11 Å². The van der Waals surface area contributed by atoms with Crippen LogP contribution in [0.25, 0.3) is 0 Å². The van der Waals surface area contributed by atoms with Crippen LogP contribution in [0.3, 0.4) is 0 Å². The quantitative estimate of drug-likeness (QED) is 0.266. The van der Waals surface area contributed by atoms with Crippen molar-refractivity contribution in [2.75, 3.05) is 13.2 Å². The second kappa shape index (κ2) is 8.06. The zero-order valence-corrected chi connectivity index (χ0v) is 18.7. The van der Waals surface area contributed by atoms with Crippen molar-refractivity contribution in [3.8, 4) is 0 Å². The molecule has 0 aromatic heterocycles. The Balaban J connectivity index is 1.51. The smallest absolute Gasteiger partial charge is 0.206 e. The van der Waals surface area contributed by atoms with E-state index in [0.717, 1.165) is 38.5 Å². The highest BCUT2D eigenvalue weighted by molar-refractivity contribution is 5.75. The van der Waals surface area contributed by atoms with Crippen LogP contribution in [0.4, 0.5) is 0 Å². The molecule has 0 saturated heterocycles. The lowest BCUT2D eigenvalue weighted by Gasteiger charge is -2.63. The van der Waals surface area contributed by atoms with E-state index in [0.29, 0.717) is 42.4 Å². The fourth-order valence-electron chi connectivity index (χ4n) is 8.05. The highest BCUT2D eigenvalue weighted by atomic mass is 16.5. The maximum atomic E-state index is 12.1. The number of fused-ring (bicyclic) bond motifs is 5. The molecule has 0 spiro atoms. The third-order valence-corrected chi connectivity index (χ3v) is 9.79. The Morgan fingerprint density at radius 2 is 1.97 bits per heavy atom. The van der Waals surface area contributed by atoms with E-state index in [1.54, 1.807) is 0 Å². The Kier molecular flexibility index (Phi) is 5.92.